The van der Waals surface area contributed by atoms with Crippen molar-refractivity contribution >= 4 is 17.5 Å². The minimum Gasteiger partial charge on any atom is -0.289 e. The van der Waals surface area contributed by atoms with E-state index in [0.717, 1.165) is 30.4 Å². The van der Waals surface area contributed by atoms with Crippen LogP contribution < -0.4 is 0 Å². The van der Waals surface area contributed by atoms with E-state index in [1.165, 1.54) is 0 Å². The Morgan fingerprint density at radius 2 is 1.50 bits per heavy atom. The summed E-state index contributed by atoms with van der Waals surface area (Å²) in [6.07, 6.45) is 9.38. The topological polar surface area (TPSA) is 17.1 Å². The molecule has 0 aromatic carbocycles. The number of Topliss-reactive ketones (excluding diaryl/α,β-unsaturated/α-hetero) is 1. The van der Waals surface area contributed by atoms with E-state index in [1.54, 1.807) is 11.8 Å². The molecule has 102 valence electrons. The van der Waals surface area contributed by atoms with Crippen LogP contribution in [0.3, 0.4) is 0 Å². The Hall–Kier alpha value is -0.500. The smallest absolute Gasteiger partial charge is 0.184 e. The number of ketones is 1. The van der Waals surface area contributed by atoms with Gasteiger partial charge in [0.2, 0.25) is 0 Å². The van der Waals surface area contributed by atoms with E-state index in [2.05, 4.69) is 53.0 Å². The number of carbonyl (C=O) groups is 1. The Morgan fingerprint density at radius 3 is 1.94 bits per heavy atom. The highest BCUT2D eigenvalue weighted by atomic mass is 32.2. The van der Waals surface area contributed by atoms with Gasteiger partial charge in [0.25, 0.3) is 0 Å². The fourth-order valence-corrected chi connectivity index (χ4v) is 2.44. The fraction of sp³-hybridized carbons (Fsp3) is 0.688. The molecule has 0 aliphatic heterocycles. The van der Waals surface area contributed by atoms with Crippen LogP contribution in [0.5, 0.6) is 0 Å². The maximum absolute atomic E-state index is 12.5. The molecule has 0 unspecified atom stereocenters. The summed E-state index contributed by atoms with van der Waals surface area (Å²) in [5.74, 6) is 0.276. The fourth-order valence-electron chi connectivity index (χ4n) is 2.18. The minimum absolute atomic E-state index is 0.0508. The van der Waals surface area contributed by atoms with Crippen molar-refractivity contribution < 1.29 is 4.79 Å². The first-order valence-corrected chi connectivity index (χ1v) is 7.90. The lowest BCUT2D eigenvalue weighted by Gasteiger charge is -2.24. The number of allylic oxidation sites excluding steroid dienone is 3. The van der Waals surface area contributed by atoms with Crippen molar-refractivity contribution in [1.82, 2.24) is 0 Å². The van der Waals surface area contributed by atoms with Crippen LogP contribution in [-0.4, -0.2) is 16.8 Å². The van der Waals surface area contributed by atoms with Gasteiger partial charge in [-0.05, 0) is 55.9 Å². The second-order valence-electron chi connectivity index (χ2n) is 6.70. The molecule has 0 bridgehead atoms. The van der Waals surface area contributed by atoms with Gasteiger partial charge in [-0.3, -0.25) is 4.79 Å². The average molecular weight is 266 g/mol. The van der Waals surface area contributed by atoms with Crippen LogP contribution in [0.1, 0.15) is 53.9 Å². The lowest BCUT2D eigenvalue weighted by molar-refractivity contribution is -0.113. The highest BCUT2D eigenvalue weighted by molar-refractivity contribution is 8.00. The third-order valence-corrected chi connectivity index (χ3v) is 4.30. The van der Waals surface area contributed by atoms with Crippen molar-refractivity contribution in [2.45, 2.75) is 58.6 Å². The van der Waals surface area contributed by atoms with E-state index in [-0.39, 0.29) is 15.9 Å². The Kier molecular flexibility index (Phi) is 4.88. The molecule has 0 aromatic heterocycles. The standard InChI is InChI=1S/C16H26OS/c1-15(2,3)10-12-8-7-9-13(14(12)17)11-16(4,5)18-6/h10-11H,7-9H2,1-6H3/b12-10+,13-11+. The molecule has 1 fully saturated rings. The third kappa shape index (κ3) is 4.64. The summed E-state index contributed by atoms with van der Waals surface area (Å²) in [5, 5.41) is 0. The van der Waals surface area contributed by atoms with Gasteiger partial charge in [0.05, 0.1) is 0 Å². The van der Waals surface area contributed by atoms with E-state index >= 15 is 0 Å². The third-order valence-electron chi connectivity index (χ3n) is 3.13. The Bertz CT molecular complexity index is 380. The maximum Gasteiger partial charge on any atom is 0.184 e. The minimum atomic E-state index is 0.0508. The van der Waals surface area contributed by atoms with Crippen LogP contribution in [-0.2, 0) is 4.79 Å². The van der Waals surface area contributed by atoms with E-state index in [9.17, 15) is 4.79 Å². The highest BCUT2D eigenvalue weighted by Crippen LogP contribution is 2.32. The molecule has 0 atom stereocenters. The molecule has 0 saturated heterocycles. The molecule has 1 aliphatic rings. The molecule has 0 N–H and O–H groups in total. The molecule has 1 saturated carbocycles. The van der Waals surface area contributed by atoms with Crippen LogP contribution in [0.15, 0.2) is 23.3 Å². The summed E-state index contributed by atoms with van der Waals surface area (Å²) < 4.78 is 0.0508. The van der Waals surface area contributed by atoms with Crippen molar-refractivity contribution in [3.05, 3.63) is 23.3 Å². The van der Waals surface area contributed by atoms with Gasteiger partial charge in [0, 0.05) is 4.75 Å². The SMILES string of the molecule is CSC(C)(C)/C=C1\CCC/C(=C\C(C)(C)C)C1=O. The zero-order chi connectivity index (χ0) is 14.0. The lowest BCUT2D eigenvalue weighted by atomic mass is 9.83. The summed E-state index contributed by atoms with van der Waals surface area (Å²) in [6.45, 7) is 10.8. The summed E-state index contributed by atoms with van der Waals surface area (Å²) in [4.78, 5) is 12.5. The van der Waals surface area contributed by atoms with Gasteiger partial charge < -0.3 is 0 Å². The molecule has 1 aliphatic carbocycles. The number of hydrogen-bond acceptors (Lipinski definition) is 2. The molecular weight excluding hydrogens is 240 g/mol. The normalized spacial score (nSPS) is 22.9. The van der Waals surface area contributed by atoms with Crippen LogP contribution in [0.25, 0.3) is 0 Å². The molecule has 1 rings (SSSR count). The molecule has 18 heavy (non-hydrogen) atoms. The van der Waals surface area contributed by atoms with E-state index < -0.39 is 0 Å². The van der Waals surface area contributed by atoms with Crippen LogP contribution >= 0.6 is 11.8 Å². The Morgan fingerprint density at radius 1 is 1.00 bits per heavy atom. The second-order valence-corrected chi connectivity index (χ2v) is 8.16. The largest absolute Gasteiger partial charge is 0.289 e. The molecule has 1 nitrogen and oxygen atoms in total. The van der Waals surface area contributed by atoms with Crippen molar-refractivity contribution in [3.8, 4) is 0 Å². The van der Waals surface area contributed by atoms with Crippen molar-refractivity contribution in [2.75, 3.05) is 6.26 Å². The van der Waals surface area contributed by atoms with Gasteiger partial charge >= 0.3 is 0 Å². The predicted octanol–water partition coefficient (Wildman–Crippen LogP) is 4.78. The Labute approximate surface area is 116 Å². The van der Waals surface area contributed by atoms with Gasteiger partial charge in [0.1, 0.15) is 0 Å². The summed E-state index contributed by atoms with van der Waals surface area (Å²) in [6, 6.07) is 0. The lowest BCUT2D eigenvalue weighted by Crippen LogP contribution is -2.19. The molecule has 0 radical (unpaired) electrons. The molecule has 2 heteroatoms. The summed E-state index contributed by atoms with van der Waals surface area (Å²) in [7, 11) is 0. The van der Waals surface area contributed by atoms with Crippen molar-refractivity contribution in [1.29, 1.82) is 0 Å². The second kappa shape index (κ2) is 5.64. The molecule has 0 aromatic rings. The van der Waals surface area contributed by atoms with Gasteiger partial charge in [0.15, 0.2) is 5.78 Å². The monoisotopic (exact) mass is 266 g/mol. The first kappa shape index (κ1) is 15.6. The van der Waals surface area contributed by atoms with E-state index in [1.807, 2.05) is 0 Å². The highest BCUT2D eigenvalue weighted by Gasteiger charge is 2.25. The zero-order valence-corrected chi connectivity index (χ0v) is 13.4. The summed E-state index contributed by atoms with van der Waals surface area (Å²) in [5.41, 5.74) is 2.11. The van der Waals surface area contributed by atoms with Crippen molar-refractivity contribution in [2.24, 2.45) is 5.41 Å². The van der Waals surface area contributed by atoms with E-state index in [0.29, 0.717) is 0 Å². The predicted molar refractivity (Wildman–Crippen MR) is 82.1 cm³/mol. The number of carbonyl (C=O) groups excluding carboxylic acids is 1. The first-order chi connectivity index (χ1) is 8.14. The van der Waals surface area contributed by atoms with Crippen LogP contribution in [0, 0.1) is 5.41 Å². The van der Waals surface area contributed by atoms with Gasteiger partial charge in [-0.2, -0.15) is 11.8 Å². The van der Waals surface area contributed by atoms with Gasteiger partial charge in [-0.15, -0.1) is 0 Å². The first-order valence-electron chi connectivity index (χ1n) is 6.68. The molecule has 0 amide bonds. The number of thioether (sulfide) groups is 1. The van der Waals surface area contributed by atoms with Crippen LogP contribution in [0.2, 0.25) is 0 Å². The van der Waals surface area contributed by atoms with Gasteiger partial charge in [-0.1, -0.05) is 32.9 Å². The Balaban J connectivity index is 3.00. The van der Waals surface area contributed by atoms with E-state index in [4.69, 9.17) is 0 Å². The average Bonchev–Trinajstić information content (AvgIpc) is 2.22. The quantitative estimate of drug-likeness (QED) is 0.669. The summed E-state index contributed by atoms with van der Waals surface area (Å²) >= 11 is 1.79. The molecule has 0 heterocycles. The number of rotatable bonds is 2. The number of hydrogen-bond donors (Lipinski definition) is 0. The molecule has 0 spiro atoms. The maximum atomic E-state index is 12.5. The van der Waals surface area contributed by atoms with Crippen molar-refractivity contribution in [3.63, 3.8) is 0 Å². The zero-order valence-electron chi connectivity index (χ0n) is 12.6. The van der Waals surface area contributed by atoms with Gasteiger partial charge in [-0.25, -0.2) is 0 Å². The molecular formula is C16H26OS. The van der Waals surface area contributed by atoms with Crippen LogP contribution in [0.4, 0.5) is 0 Å².